The number of benzene rings is 1. The summed E-state index contributed by atoms with van der Waals surface area (Å²) >= 11 is 0. The molecule has 2 aromatic rings. The van der Waals surface area contributed by atoms with Gasteiger partial charge in [-0.2, -0.15) is 13.2 Å². The zero-order valence-corrected chi connectivity index (χ0v) is 11.4. The molecule has 0 radical (unpaired) electrons. The SMILES string of the molecule is O=C(O)C1CCc2nc(-c3cccc(C(F)(F)F)c3)ccc21. The number of carboxylic acids is 1. The first-order chi connectivity index (χ1) is 10.4. The second-order valence-electron chi connectivity index (χ2n) is 5.24. The molecule has 0 amide bonds. The van der Waals surface area contributed by atoms with Crippen LogP contribution in [0.1, 0.15) is 29.2 Å². The number of hydrogen-bond donors (Lipinski definition) is 1. The molecule has 0 bridgehead atoms. The average molecular weight is 307 g/mol. The average Bonchev–Trinajstić information content (AvgIpc) is 2.89. The molecule has 1 heterocycles. The van der Waals surface area contributed by atoms with Gasteiger partial charge in [0.2, 0.25) is 0 Å². The van der Waals surface area contributed by atoms with E-state index in [-0.39, 0.29) is 0 Å². The van der Waals surface area contributed by atoms with Gasteiger partial charge in [-0.25, -0.2) is 0 Å². The molecule has 114 valence electrons. The van der Waals surface area contributed by atoms with E-state index in [4.69, 9.17) is 5.11 Å². The molecule has 0 aliphatic heterocycles. The molecule has 1 aromatic carbocycles. The zero-order chi connectivity index (χ0) is 15.9. The number of rotatable bonds is 2. The van der Waals surface area contributed by atoms with Gasteiger partial charge in [0.1, 0.15) is 0 Å². The van der Waals surface area contributed by atoms with Crippen LogP contribution in [0, 0.1) is 0 Å². The minimum absolute atomic E-state index is 0.372. The smallest absolute Gasteiger partial charge is 0.416 e. The number of aliphatic carboxylic acids is 1. The van der Waals surface area contributed by atoms with Gasteiger partial charge in [0.05, 0.1) is 17.2 Å². The first kappa shape index (κ1) is 14.6. The lowest BCUT2D eigenvalue weighted by atomic mass is 10.0. The second-order valence-corrected chi connectivity index (χ2v) is 5.24. The molecule has 6 heteroatoms. The van der Waals surface area contributed by atoms with Crippen LogP contribution < -0.4 is 0 Å². The monoisotopic (exact) mass is 307 g/mol. The highest BCUT2D eigenvalue weighted by molar-refractivity contribution is 5.78. The number of halogens is 3. The first-order valence-electron chi connectivity index (χ1n) is 6.76. The predicted molar refractivity (Wildman–Crippen MR) is 73.4 cm³/mol. The summed E-state index contributed by atoms with van der Waals surface area (Å²) in [5, 5.41) is 9.12. The maximum atomic E-state index is 12.8. The minimum Gasteiger partial charge on any atom is -0.481 e. The van der Waals surface area contributed by atoms with Gasteiger partial charge in [-0.1, -0.05) is 18.2 Å². The van der Waals surface area contributed by atoms with E-state index in [1.54, 1.807) is 18.2 Å². The molecule has 22 heavy (non-hydrogen) atoms. The Morgan fingerprint density at radius 3 is 2.68 bits per heavy atom. The topological polar surface area (TPSA) is 50.2 Å². The summed E-state index contributed by atoms with van der Waals surface area (Å²) in [4.78, 5) is 15.5. The highest BCUT2D eigenvalue weighted by Gasteiger charge is 2.31. The van der Waals surface area contributed by atoms with E-state index < -0.39 is 23.6 Å². The van der Waals surface area contributed by atoms with Crippen LogP contribution in [0.15, 0.2) is 36.4 Å². The summed E-state index contributed by atoms with van der Waals surface area (Å²) in [7, 11) is 0. The largest absolute Gasteiger partial charge is 0.481 e. The fourth-order valence-electron chi connectivity index (χ4n) is 2.74. The van der Waals surface area contributed by atoms with E-state index in [0.717, 1.165) is 12.1 Å². The van der Waals surface area contributed by atoms with Crippen molar-refractivity contribution in [3.05, 3.63) is 53.2 Å². The van der Waals surface area contributed by atoms with Crippen molar-refractivity contribution in [2.75, 3.05) is 0 Å². The van der Waals surface area contributed by atoms with E-state index in [1.807, 2.05) is 0 Å². The number of carboxylic acid groups (broad SMARTS) is 1. The summed E-state index contributed by atoms with van der Waals surface area (Å²) < 4.78 is 38.3. The standard InChI is InChI=1S/C16H12F3NO2/c17-16(18,19)10-3-1-2-9(8-10)13-6-4-11-12(15(21)22)5-7-14(11)20-13/h1-4,6,8,12H,5,7H2,(H,21,22). The number of hydrogen-bond acceptors (Lipinski definition) is 2. The van der Waals surface area contributed by atoms with Crippen molar-refractivity contribution in [3.8, 4) is 11.3 Å². The summed E-state index contributed by atoms with van der Waals surface area (Å²) in [6.45, 7) is 0. The number of fused-ring (bicyclic) bond motifs is 1. The van der Waals surface area contributed by atoms with Gasteiger partial charge in [0.15, 0.2) is 0 Å². The van der Waals surface area contributed by atoms with Crippen LogP contribution >= 0.6 is 0 Å². The van der Waals surface area contributed by atoms with Gasteiger partial charge >= 0.3 is 12.1 Å². The van der Waals surface area contributed by atoms with Gasteiger partial charge in [-0.3, -0.25) is 9.78 Å². The molecular weight excluding hydrogens is 295 g/mol. The number of aryl methyl sites for hydroxylation is 1. The fraction of sp³-hybridized carbons (Fsp3) is 0.250. The Morgan fingerprint density at radius 2 is 2.00 bits per heavy atom. The zero-order valence-electron chi connectivity index (χ0n) is 11.4. The lowest BCUT2D eigenvalue weighted by Crippen LogP contribution is -2.08. The second kappa shape index (κ2) is 5.12. The Labute approximate surface area is 124 Å². The Morgan fingerprint density at radius 1 is 1.23 bits per heavy atom. The molecule has 1 N–H and O–H groups in total. The van der Waals surface area contributed by atoms with Crippen molar-refractivity contribution in [2.24, 2.45) is 0 Å². The molecule has 1 aliphatic carbocycles. The van der Waals surface area contributed by atoms with Crippen LogP contribution in [-0.2, 0) is 17.4 Å². The molecule has 3 rings (SSSR count). The quantitative estimate of drug-likeness (QED) is 0.916. The van der Waals surface area contributed by atoms with Gasteiger partial charge in [-0.15, -0.1) is 0 Å². The normalized spacial score (nSPS) is 17.3. The molecule has 0 spiro atoms. The molecule has 3 nitrogen and oxygen atoms in total. The van der Waals surface area contributed by atoms with Crippen LogP contribution in [0.2, 0.25) is 0 Å². The Bertz CT molecular complexity index is 740. The predicted octanol–water partition coefficient (Wildman–Crippen LogP) is 3.88. The van der Waals surface area contributed by atoms with Crippen molar-refractivity contribution in [3.63, 3.8) is 0 Å². The van der Waals surface area contributed by atoms with E-state index in [0.29, 0.717) is 35.4 Å². The fourth-order valence-corrected chi connectivity index (χ4v) is 2.74. The third-order valence-corrected chi connectivity index (χ3v) is 3.84. The number of pyridine rings is 1. The van der Waals surface area contributed by atoms with Crippen LogP contribution in [0.4, 0.5) is 13.2 Å². The van der Waals surface area contributed by atoms with Gasteiger partial charge < -0.3 is 5.11 Å². The highest BCUT2D eigenvalue weighted by atomic mass is 19.4. The van der Waals surface area contributed by atoms with Gasteiger partial charge in [-0.05, 0) is 36.6 Å². The van der Waals surface area contributed by atoms with E-state index in [2.05, 4.69) is 4.98 Å². The minimum atomic E-state index is -4.40. The lowest BCUT2D eigenvalue weighted by Gasteiger charge is -2.10. The Hall–Kier alpha value is -2.37. The number of carbonyl (C=O) groups is 1. The van der Waals surface area contributed by atoms with Crippen molar-refractivity contribution < 1.29 is 23.1 Å². The third-order valence-electron chi connectivity index (χ3n) is 3.84. The molecule has 1 unspecified atom stereocenters. The molecule has 0 fully saturated rings. The van der Waals surface area contributed by atoms with Crippen LogP contribution in [0.5, 0.6) is 0 Å². The van der Waals surface area contributed by atoms with Crippen molar-refractivity contribution in [1.29, 1.82) is 0 Å². The lowest BCUT2D eigenvalue weighted by molar-refractivity contribution is -0.139. The summed E-state index contributed by atoms with van der Waals surface area (Å²) in [6, 6.07) is 8.20. The van der Waals surface area contributed by atoms with Crippen molar-refractivity contribution in [1.82, 2.24) is 4.98 Å². The maximum absolute atomic E-state index is 12.8. The summed E-state index contributed by atoms with van der Waals surface area (Å²) in [5.74, 6) is -1.47. The van der Waals surface area contributed by atoms with Gasteiger partial charge in [0.25, 0.3) is 0 Å². The maximum Gasteiger partial charge on any atom is 0.416 e. The molecule has 1 atom stereocenters. The van der Waals surface area contributed by atoms with Crippen molar-refractivity contribution >= 4 is 5.97 Å². The molecular formula is C16H12F3NO2. The van der Waals surface area contributed by atoms with E-state index >= 15 is 0 Å². The van der Waals surface area contributed by atoms with Crippen LogP contribution in [-0.4, -0.2) is 16.1 Å². The van der Waals surface area contributed by atoms with E-state index in [1.165, 1.54) is 6.07 Å². The van der Waals surface area contributed by atoms with Gasteiger partial charge in [0, 0.05) is 11.3 Å². The number of alkyl halides is 3. The molecule has 1 aromatic heterocycles. The summed E-state index contributed by atoms with van der Waals surface area (Å²) in [6.07, 6.45) is -3.40. The first-order valence-corrected chi connectivity index (χ1v) is 6.76. The Kier molecular flexibility index (Phi) is 3.39. The highest BCUT2D eigenvalue weighted by Crippen LogP contribution is 2.35. The molecule has 0 saturated heterocycles. The van der Waals surface area contributed by atoms with Crippen molar-refractivity contribution in [2.45, 2.75) is 24.9 Å². The van der Waals surface area contributed by atoms with Crippen LogP contribution in [0.3, 0.4) is 0 Å². The number of nitrogens with zero attached hydrogens (tertiary/aromatic N) is 1. The summed E-state index contributed by atoms with van der Waals surface area (Å²) in [5.41, 5.74) is 1.38. The molecule has 1 aliphatic rings. The number of aromatic nitrogens is 1. The third kappa shape index (κ3) is 2.56. The van der Waals surface area contributed by atoms with Crippen LogP contribution in [0.25, 0.3) is 11.3 Å². The Balaban J connectivity index is 1.99. The molecule has 0 saturated carbocycles. The van der Waals surface area contributed by atoms with E-state index in [9.17, 15) is 18.0 Å².